The Morgan fingerprint density at radius 2 is 2.06 bits per heavy atom. The normalized spacial score (nSPS) is 18.2. The maximum Gasteiger partial charge on any atom is 0.323 e. The van der Waals surface area contributed by atoms with Gasteiger partial charge in [0.1, 0.15) is 6.04 Å². The summed E-state index contributed by atoms with van der Waals surface area (Å²) in [6.07, 6.45) is 2.28. The van der Waals surface area contributed by atoms with Crippen LogP contribution in [0.15, 0.2) is 0 Å². The second-order valence-corrected chi connectivity index (χ2v) is 6.12. The summed E-state index contributed by atoms with van der Waals surface area (Å²) in [6.45, 7) is 6.25. The fraction of sp³-hybridized carbons (Fsp3) is 0.923. The first-order valence-electron chi connectivity index (χ1n) is 6.31. The molecule has 1 unspecified atom stereocenters. The van der Waals surface area contributed by atoms with Gasteiger partial charge in [-0.15, -0.1) is 0 Å². The standard InChI is InChI=1S/C13H26N2O2/c1-13(2,9-15(3)4)8-14-11(10-6-7-10)12(16)17-5/h10-11,14H,6-9H2,1-5H3. The van der Waals surface area contributed by atoms with Crippen LogP contribution in [0.1, 0.15) is 26.7 Å². The zero-order chi connectivity index (χ0) is 13.1. The summed E-state index contributed by atoms with van der Waals surface area (Å²) in [5, 5.41) is 3.38. The van der Waals surface area contributed by atoms with Crippen molar-refractivity contribution in [1.82, 2.24) is 10.2 Å². The second-order valence-electron chi connectivity index (χ2n) is 6.12. The van der Waals surface area contributed by atoms with Crippen molar-refractivity contribution in [2.75, 3.05) is 34.3 Å². The molecule has 1 saturated carbocycles. The molecule has 1 rings (SSSR count). The van der Waals surface area contributed by atoms with Gasteiger partial charge in [0.15, 0.2) is 0 Å². The third-order valence-electron chi connectivity index (χ3n) is 3.09. The summed E-state index contributed by atoms with van der Waals surface area (Å²) in [5.74, 6) is 0.366. The fourth-order valence-corrected chi connectivity index (χ4v) is 2.30. The number of nitrogens with one attached hydrogen (secondary N) is 1. The van der Waals surface area contributed by atoms with Gasteiger partial charge in [0.05, 0.1) is 7.11 Å². The van der Waals surface area contributed by atoms with Gasteiger partial charge in [-0.3, -0.25) is 4.79 Å². The molecule has 100 valence electrons. The summed E-state index contributed by atoms with van der Waals surface area (Å²) in [7, 11) is 5.60. The molecule has 1 N–H and O–H groups in total. The Balaban J connectivity index is 2.43. The molecule has 0 saturated heterocycles. The van der Waals surface area contributed by atoms with Gasteiger partial charge in [-0.05, 0) is 38.3 Å². The SMILES string of the molecule is COC(=O)C(NCC(C)(C)CN(C)C)C1CC1. The highest BCUT2D eigenvalue weighted by atomic mass is 16.5. The molecule has 1 aliphatic rings. The van der Waals surface area contributed by atoms with Crippen LogP contribution in [-0.2, 0) is 9.53 Å². The minimum atomic E-state index is -0.117. The van der Waals surface area contributed by atoms with Gasteiger partial charge >= 0.3 is 5.97 Å². The molecule has 0 spiro atoms. The van der Waals surface area contributed by atoms with Crippen molar-refractivity contribution in [3.8, 4) is 0 Å². The van der Waals surface area contributed by atoms with Crippen molar-refractivity contribution >= 4 is 5.97 Å². The van der Waals surface area contributed by atoms with Gasteiger partial charge in [-0.25, -0.2) is 0 Å². The number of esters is 1. The van der Waals surface area contributed by atoms with Crippen LogP contribution in [0, 0.1) is 11.3 Å². The molecular formula is C13H26N2O2. The summed E-state index contributed by atoms with van der Waals surface area (Å²) >= 11 is 0. The van der Waals surface area contributed by atoms with Crippen molar-refractivity contribution < 1.29 is 9.53 Å². The summed E-state index contributed by atoms with van der Waals surface area (Å²) in [6, 6.07) is -0.110. The van der Waals surface area contributed by atoms with E-state index in [2.05, 4.69) is 38.2 Å². The number of nitrogens with zero attached hydrogens (tertiary/aromatic N) is 1. The molecule has 1 aliphatic carbocycles. The minimum Gasteiger partial charge on any atom is -0.468 e. The maximum atomic E-state index is 11.6. The molecule has 4 heteroatoms. The van der Waals surface area contributed by atoms with Crippen LogP contribution in [0.2, 0.25) is 0 Å². The Kier molecular flexibility index (Phi) is 4.95. The predicted octanol–water partition coefficient (Wildman–Crippen LogP) is 1.12. The third-order valence-corrected chi connectivity index (χ3v) is 3.09. The van der Waals surface area contributed by atoms with E-state index in [0.717, 1.165) is 25.9 Å². The van der Waals surface area contributed by atoms with Crippen LogP contribution in [0.3, 0.4) is 0 Å². The lowest BCUT2D eigenvalue weighted by Gasteiger charge is -2.30. The van der Waals surface area contributed by atoms with E-state index in [0.29, 0.717) is 5.92 Å². The van der Waals surface area contributed by atoms with Crippen molar-refractivity contribution in [3.63, 3.8) is 0 Å². The molecule has 0 radical (unpaired) electrons. The lowest BCUT2D eigenvalue weighted by Crippen LogP contribution is -2.46. The average Bonchev–Trinajstić information content (AvgIpc) is 2.99. The average molecular weight is 242 g/mol. The lowest BCUT2D eigenvalue weighted by atomic mass is 9.92. The number of methoxy groups -OCH3 is 1. The second kappa shape index (κ2) is 5.83. The lowest BCUT2D eigenvalue weighted by molar-refractivity contribution is -0.143. The van der Waals surface area contributed by atoms with E-state index in [-0.39, 0.29) is 17.4 Å². The molecular weight excluding hydrogens is 216 g/mol. The molecule has 0 amide bonds. The van der Waals surface area contributed by atoms with Crippen LogP contribution >= 0.6 is 0 Å². The van der Waals surface area contributed by atoms with Gasteiger partial charge in [-0.2, -0.15) is 0 Å². The summed E-state index contributed by atoms with van der Waals surface area (Å²) < 4.78 is 4.85. The summed E-state index contributed by atoms with van der Waals surface area (Å²) in [4.78, 5) is 13.8. The molecule has 0 bridgehead atoms. The first-order valence-corrected chi connectivity index (χ1v) is 6.31. The van der Waals surface area contributed by atoms with E-state index in [1.807, 2.05) is 0 Å². The van der Waals surface area contributed by atoms with E-state index in [1.165, 1.54) is 7.11 Å². The topological polar surface area (TPSA) is 41.6 Å². The molecule has 4 nitrogen and oxygen atoms in total. The first-order chi connectivity index (χ1) is 7.85. The maximum absolute atomic E-state index is 11.6. The number of carbonyl (C=O) groups is 1. The largest absolute Gasteiger partial charge is 0.468 e. The Labute approximate surface area is 105 Å². The van der Waals surface area contributed by atoms with Crippen molar-refractivity contribution in [1.29, 1.82) is 0 Å². The van der Waals surface area contributed by atoms with Crippen molar-refractivity contribution in [3.05, 3.63) is 0 Å². The Morgan fingerprint density at radius 3 is 2.47 bits per heavy atom. The Hall–Kier alpha value is -0.610. The van der Waals surface area contributed by atoms with Crippen LogP contribution in [0.4, 0.5) is 0 Å². The molecule has 0 aromatic carbocycles. The predicted molar refractivity (Wildman–Crippen MR) is 68.9 cm³/mol. The van der Waals surface area contributed by atoms with Crippen molar-refractivity contribution in [2.45, 2.75) is 32.7 Å². The third kappa shape index (κ3) is 5.04. The Morgan fingerprint density at radius 1 is 1.47 bits per heavy atom. The first kappa shape index (κ1) is 14.5. The van der Waals surface area contributed by atoms with Gasteiger partial charge < -0.3 is 15.0 Å². The molecule has 0 aromatic rings. The van der Waals surface area contributed by atoms with Gasteiger partial charge in [0.25, 0.3) is 0 Å². The number of hydrogen-bond acceptors (Lipinski definition) is 4. The highest BCUT2D eigenvalue weighted by Crippen LogP contribution is 2.33. The van der Waals surface area contributed by atoms with Crippen LogP contribution in [0.5, 0.6) is 0 Å². The van der Waals surface area contributed by atoms with Crippen LogP contribution in [-0.4, -0.2) is 51.2 Å². The molecule has 17 heavy (non-hydrogen) atoms. The van der Waals surface area contributed by atoms with E-state index in [4.69, 9.17) is 4.74 Å². The smallest absolute Gasteiger partial charge is 0.323 e. The highest BCUT2D eigenvalue weighted by molar-refractivity contribution is 5.76. The van der Waals surface area contributed by atoms with E-state index in [1.54, 1.807) is 0 Å². The van der Waals surface area contributed by atoms with E-state index < -0.39 is 0 Å². The fourth-order valence-electron chi connectivity index (χ4n) is 2.30. The van der Waals surface area contributed by atoms with Crippen LogP contribution in [0.25, 0.3) is 0 Å². The van der Waals surface area contributed by atoms with Gasteiger partial charge in [0.2, 0.25) is 0 Å². The zero-order valence-corrected chi connectivity index (χ0v) is 11.7. The molecule has 0 heterocycles. The van der Waals surface area contributed by atoms with E-state index in [9.17, 15) is 4.79 Å². The number of hydrogen-bond donors (Lipinski definition) is 1. The molecule has 1 atom stereocenters. The zero-order valence-electron chi connectivity index (χ0n) is 11.7. The molecule has 0 aromatic heterocycles. The number of carbonyl (C=O) groups excluding carboxylic acids is 1. The van der Waals surface area contributed by atoms with Gasteiger partial charge in [-0.1, -0.05) is 13.8 Å². The van der Waals surface area contributed by atoms with E-state index >= 15 is 0 Å². The molecule has 1 fully saturated rings. The van der Waals surface area contributed by atoms with Gasteiger partial charge in [0, 0.05) is 13.1 Å². The monoisotopic (exact) mass is 242 g/mol. The molecule has 0 aliphatic heterocycles. The van der Waals surface area contributed by atoms with Crippen LogP contribution < -0.4 is 5.32 Å². The number of rotatable bonds is 7. The summed E-state index contributed by atoms with van der Waals surface area (Å²) in [5.41, 5.74) is 0.157. The van der Waals surface area contributed by atoms with Crippen molar-refractivity contribution in [2.24, 2.45) is 11.3 Å². The minimum absolute atomic E-state index is 0.110. The highest BCUT2D eigenvalue weighted by Gasteiger charge is 2.37. The Bertz CT molecular complexity index is 260. The number of ether oxygens (including phenoxy) is 1. The quantitative estimate of drug-likeness (QED) is 0.679.